The Morgan fingerprint density at radius 2 is 1.97 bits per heavy atom. The van der Waals surface area contributed by atoms with Crippen molar-refractivity contribution in [2.45, 2.75) is 43.9 Å². The van der Waals surface area contributed by atoms with Crippen molar-refractivity contribution in [3.63, 3.8) is 0 Å². The Morgan fingerprint density at radius 1 is 1.07 bits per heavy atom. The number of aromatic nitrogens is 1. The summed E-state index contributed by atoms with van der Waals surface area (Å²) < 4.78 is 6.74. The van der Waals surface area contributed by atoms with Crippen molar-refractivity contribution in [1.29, 1.82) is 5.26 Å². The summed E-state index contributed by atoms with van der Waals surface area (Å²) in [6.45, 7) is 1.98. The fraction of sp³-hybridized carbons (Fsp3) is 0.360. The SMILES string of the molecule is N#Cc1ccc2cccc(O[C@H]3c4ccccc4CC[C@@H]3N3CCC[C@H](N)C3)c2n1. The van der Waals surface area contributed by atoms with E-state index in [2.05, 4.69) is 40.2 Å². The summed E-state index contributed by atoms with van der Waals surface area (Å²) in [7, 11) is 0. The lowest BCUT2D eigenvalue weighted by Crippen LogP contribution is -2.51. The van der Waals surface area contributed by atoms with Crippen molar-refractivity contribution in [2.75, 3.05) is 13.1 Å². The number of nitriles is 1. The maximum atomic E-state index is 9.30. The van der Waals surface area contributed by atoms with E-state index in [0.717, 1.165) is 55.4 Å². The molecule has 1 aromatic heterocycles. The number of rotatable bonds is 3. The van der Waals surface area contributed by atoms with Gasteiger partial charge in [-0.25, -0.2) is 4.98 Å². The molecule has 0 radical (unpaired) electrons. The average Bonchev–Trinajstić information content (AvgIpc) is 2.79. The quantitative estimate of drug-likeness (QED) is 0.723. The number of hydrogen-bond acceptors (Lipinski definition) is 5. The van der Waals surface area contributed by atoms with Gasteiger partial charge in [0, 0.05) is 18.0 Å². The first-order valence-corrected chi connectivity index (χ1v) is 10.8. The van der Waals surface area contributed by atoms with Gasteiger partial charge in [0.15, 0.2) is 0 Å². The third kappa shape index (κ3) is 3.54. The molecular formula is C25H26N4O. The molecule has 2 aliphatic rings. The van der Waals surface area contributed by atoms with Gasteiger partial charge in [0.05, 0.1) is 6.04 Å². The van der Waals surface area contributed by atoms with Crippen LogP contribution in [0.3, 0.4) is 0 Å². The second-order valence-electron chi connectivity index (χ2n) is 8.38. The lowest BCUT2D eigenvalue weighted by Gasteiger charge is -2.43. The van der Waals surface area contributed by atoms with Crippen molar-refractivity contribution < 1.29 is 4.74 Å². The topological polar surface area (TPSA) is 75.2 Å². The van der Waals surface area contributed by atoms with Crippen LogP contribution in [0.5, 0.6) is 5.75 Å². The molecule has 2 aromatic carbocycles. The first kappa shape index (κ1) is 19.0. The van der Waals surface area contributed by atoms with Gasteiger partial charge in [-0.15, -0.1) is 0 Å². The van der Waals surface area contributed by atoms with E-state index in [-0.39, 0.29) is 18.2 Å². The molecule has 2 N–H and O–H groups in total. The van der Waals surface area contributed by atoms with Crippen LogP contribution in [-0.4, -0.2) is 35.1 Å². The van der Waals surface area contributed by atoms with Gasteiger partial charge in [-0.2, -0.15) is 5.26 Å². The lowest BCUT2D eigenvalue weighted by atomic mass is 9.84. The van der Waals surface area contributed by atoms with Crippen LogP contribution in [0.4, 0.5) is 0 Å². The number of nitrogens with two attached hydrogens (primary N) is 1. The number of likely N-dealkylation sites (tertiary alicyclic amines) is 1. The van der Waals surface area contributed by atoms with Crippen LogP contribution < -0.4 is 10.5 Å². The molecular weight excluding hydrogens is 372 g/mol. The zero-order valence-electron chi connectivity index (χ0n) is 17.0. The summed E-state index contributed by atoms with van der Waals surface area (Å²) in [6, 6.07) is 20.9. The smallest absolute Gasteiger partial charge is 0.146 e. The largest absolute Gasteiger partial charge is 0.482 e. The third-order valence-corrected chi connectivity index (χ3v) is 6.43. The van der Waals surface area contributed by atoms with Gasteiger partial charge in [-0.1, -0.05) is 36.4 Å². The number of piperidine rings is 1. The van der Waals surface area contributed by atoms with Crippen molar-refractivity contribution in [1.82, 2.24) is 9.88 Å². The molecule has 0 amide bonds. The molecule has 2 heterocycles. The molecule has 1 saturated heterocycles. The van der Waals surface area contributed by atoms with Crippen LogP contribution in [0, 0.1) is 11.3 Å². The monoisotopic (exact) mass is 398 g/mol. The molecule has 0 bridgehead atoms. The van der Waals surface area contributed by atoms with Gasteiger partial charge >= 0.3 is 0 Å². The summed E-state index contributed by atoms with van der Waals surface area (Å²) >= 11 is 0. The van der Waals surface area contributed by atoms with E-state index in [1.54, 1.807) is 6.07 Å². The summed E-state index contributed by atoms with van der Waals surface area (Å²) in [5.74, 6) is 0.734. The Labute approximate surface area is 177 Å². The van der Waals surface area contributed by atoms with Crippen molar-refractivity contribution in [2.24, 2.45) is 5.73 Å². The first-order chi connectivity index (χ1) is 14.7. The molecule has 1 aliphatic carbocycles. The number of ether oxygens (including phenoxy) is 1. The average molecular weight is 399 g/mol. The summed E-state index contributed by atoms with van der Waals surface area (Å²) in [4.78, 5) is 7.07. The zero-order valence-corrected chi connectivity index (χ0v) is 17.0. The van der Waals surface area contributed by atoms with Crippen molar-refractivity contribution >= 4 is 10.9 Å². The van der Waals surface area contributed by atoms with Crippen LogP contribution in [0.1, 0.15) is 42.2 Å². The van der Waals surface area contributed by atoms with Crippen LogP contribution in [0.25, 0.3) is 10.9 Å². The molecule has 1 fully saturated rings. The summed E-state index contributed by atoms with van der Waals surface area (Å²) in [5, 5.41) is 10.3. The lowest BCUT2D eigenvalue weighted by molar-refractivity contribution is 0.0374. The Balaban J connectivity index is 1.56. The van der Waals surface area contributed by atoms with E-state index in [1.165, 1.54) is 11.1 Å². The number of pyridine rings is 1. The van der Waals surface area contributed by atoms with E-state index >= 15 is 0 Å². The molecule has 3 aromatic rings. The molecule has 0 unspecified atom stereocenters. The minimum Gasteiger partial charge on any atom is -0.482 e. The van der Waals surface area contributed by atoms with Crippen LogP contribution in [0.2, 0.25) is 0 Å². The van der Waals surface area contributed by atoms with Gasteiger partial charge < -0.3 is 10.5 Å². The normalized spacial score (nSPS) is 24.2. The zero-order chi connectivity index (χ0) is 20.5. The maximum absolute atomic E-state index is 9.30. The van der Waals surface area contributed by atoms with E-state index in [4.69, 9.17) is 10.5 Å². The highest BCUT2D eigenvalue weighted by Crippen LogP contribution is 2.39. The summed E-state index contributed by atoms with van der Waals surface area (Å²) in [6.07, 6.45) is 4.25. The fourth-order valence-corrected chi connectivity index (χ4v) is 4.97. The molecule has 5 heteroatoms. The Kier molecular flexibility index (Phi) is 5.12. The van der Waals surface area contributed by atoms with Gasteiger partial charge in [-0.3, -0.25) is 4.90 Å². The molecule has 3 atom stereocenters. The number of nitrogens with zero attached hydrogens (tertiary/aromatic N) is 3. The molecule has 152 valence electrons. The van der Waals surface area contributed by atoms with E-state index < -0.39 is 0 Å². The Hall–Kier alpha value is -2.94. The van der Waals surface area contributed by atoms with Gasteiger partial charge in [0.2, 0.25) is 0 Å². The molecule has 0 spiro atoms. The second-order valence-corrected chi connectivity index (χ2v) is 8.38. The van der Waals surface area contributed by atoms with E-state index in [1.807, 2.05) is 24.3 Å². The third-order valence-electron chi connectivity index (χ3n) is 6.43. The highest BCUT2D eigenvalue weighted by Gasteiger charge is 2.37. The highest BCUT2D eigenvalue weighted by atomic mass is 16.5. The number of para-hydroxylation sites is 1. The molecule has 1 aliphatic heterocycles. The number of fused-ring (bicyclic) bond motifs is 2. The van der Waals surface area contributed by atoms with Crippen molar-refractivity contribution in [3.8, 4) is 11.8 Å². The maximum Gasteiger partial charge on any atom is 0.146 e. The molecule has 30 heavy (non-hydrogen) atoms. The van der Waals surface area contributed by atoms with Crippen LogP contribution in [0.15, 0.2) is 54.6 Å². The van der Waals surface area contributed by atoms with Crippen LogP contribution >= 0.6 is 0 Å². The first-order valence-electron chi connectivity index (χ1n) is 10.8. The minimum atomic E-state index is -0.0848. The molecule has 5 nitrogen and oxygen atoms in total. The van der Waals surface area contributed by atoms with Gasteiger partial charge in [0.25, 0.3) is 0 Å². The number of hydrogen-bond donors (Lipinski definition) is 1. The Morgan fingerprint density at radius 3 is 2.83 bits per heavy atom. The predicted molar refractivity (Wildman–Crippen MR) is 117 cm³/mol. The standard InChI is InChI=1S/C25H26N4O/c26-15-20-12-10-18-6-3-9-23(24(18)28-20)30-25-21-8-2-1-5-17(21)11-13-22(25)29-14-4-7-19(27)16-29/h1-3,5-6,8-10,12,19,22,25H,4,7,11,13-14,16,27H2/t19-,22-,25-/m0/s1. The fourth-order valence-electron chi connectivity index (χ4n) is 4.97. The van der Waals surface area contributed by atoms with Crippen LogP contribution in [-0.2, 0) is 6.42 Å². The van der Waals surface area contributed by atoms with Crippen molar-refractivity contribution in [3.05, 3.63) is 71.4 Å². The molecule has 0 saturated carbocycles. The minimum absolute atomic E-state index is 0.0848. The summed E-state index contributed by atoms with van der Waals surface area (Å²) in [5.41, 5.74) is 10.1. The number of benzene rings is 2. The van der Waals surface area contributed by atoms with E-state index in [9.17, 15) is 5.26 Å². The second kappa shape index (κ2) is 8.06. The highest BCUT2D eigenvalue weighted by molar-refractivity contribution is 5.84. The number of aryl methyl sites for hydroxylation is 1. The van der Waals surface area contributed by atoms with Gasteiger partial charge in [0.1, 0.15) is 29.1 Å². The Bertz CT molecular complexity index is 1110. The van der Waals surface area contributed by atoms with E-state index in [0.29, 0.717) is 5.69 Å². The molecule has 5 rings (SSSR count). The van der Waals surface area contributed by atoms with Gasteiger partial charge in [-0.05, 0) is 61.6 Å². The predicted octanol–water partition coefficient (Wildman–Crippen LogP) is 3.96.